The van der Waals surface area contributed by atoms with Crippen LogP contribution in [0.1, 0.15) is 26.2 Å². The quantitative estimate of drug-likeness (QED) is 0.612. The van der Waals surface area contributed by atoms with E-state index in [1.807, 2.05) is 6.92 Å². The van der Waals surface area contributed by atoms with Gasteiger partial charge in [-0.25, -0.2) is 0 Å². The minimum atomic E-state index is -0.268. The van der Waals surface area contributed by atoms with Crippen LogP contribution in [0, 0.1) is 0 Å². The predicted molar refractivity (Wildman–Crippen MR) is 38.4 cm³/mol. The molecule has 54 valence electrons. The van der Waals surface area contributed by atoms with E-state index in [2.05, 4.69) is 0 Å². The highest BCUT2D eigenvalue weighted by Crippen LogP contribution is 2.00. The topological polar surface area (TPSA) is 43.1 Å². The molecule has 9 heavy (non-hydrogen) atoms. The molecule has 2 N–H and O–H groups in total. The number of carbonyl (C=O) groups excluding carboxylic acids is 1. The van der Waals surface area contributed by atoms with Crippen molar-refractivity contribution in [2.45, 2.75) is 32.2 Å². The predicted octanol–water partition coefficient (Wildman–Crippen LogP) is 1.27. The van der Waals surface area contributed by atoms with Crippen molar-refractivity contribution in [3.63, 3.8) is 0 Å². The van der Waals surface area contributed by atoms with Crippen LogP contribution < -0.4 is 5.73 Å². The number of nitrogens with two attached hydrogens (primary N) is 1. The molecule has 0 saturated carbocycles. The fourth-order valence-corrected chi connectivity index (χ4v) is 0.697. The average molecular weight is 150 g/mol. The van der Waals surface area contributed by atoms with Crippen molar-refractivity contribution in [2.24, 2.45) is 5.73 Å². The molecule has 0 amide bonds. The average Bonchev–Trinajstić information content (AvgIpc) is 1.63. The van der Waals surface area contributed by atoms with E-state index in [1.165, 1.54) is 0 Å². The van der Waals surface area contributed by atoms with Crippen LogP contribution in [0.5, 0.6) is 0 Å². The van der Waals surface area contributed by atoms with E-state index in [4.69, 9.17) is 17.3 Å². The molecule has 1 unspecified atom stereocenters. The maximum Gasteiger partial charge on any atom is 0.221 e. The summed E-state index contributed by atoms with van der Waals surface area (Å²) >= 11 is 5.08. The Morgan fingerprint density at radius 2 is 2.33 bits per heavy atom. The third-order valence-corrected chi connectivity index (χ3v) is 1.22. The highest BCUT2D eigenvalue weighted by Gasteiger charge is 1.97. The van der Waals surface area contributed by atoms with Gasteiger partial charge in [0.05, 0.1) is 0 Å². The van der Waals surface area contributed by atoms with E-state index in [-0.39, 0.29) is 11.3 Å². The number of rotatable bonds is 4. The monoisotopic (exact) mass is 149 g/mol. The van der Waals surface area contributed by atoms with Gasteiger partial charge < -0.3 is 5.73 Å². The molecular weight excluding hydrogens is 138 g/mol. The van der Waals surface area contributed by atoms with E-state index in [9.17, 15) is 4.79 Å². The fraction of sp³-hybridized carbons (Fsp3) is 0.833. The first-order valence-corrected chi connectivity index (χ1v) is 3.44. The summed E-state index contributed by atoms with van der Waals surface area (Å²) in [5.41, 5.74) is 5.42. The molecule has 0 aliphatic carbocycles. The maximum absolute atomic E-state index is 10.1. The van der Waals surface area contributed by atoms with Crippen LogP contribution in [0.4, 0.5) is 0 Å². The molecule has 0 saturated heterocycles. The molecule has 0 rings (SSSR count). The van der Waals surface area contributed by atoms with Gasteiger partial charge in [-0.3, -0.25) is 4.79 Å². The van der Waals surface area contributed by atoms with Gasteiger partial charge in [0, 0.05) is 12.5 Å². The SMILES string of the molecule is CC(N)CCCC(=O)Cl. The number of carbonyl (C=O) groups is 1. The second kappa shape index (κ2) is 4.77. The van der Waals surface area contributed by atoms with Crippen molar-refractivity contribution < 1.29 is 4.79 Å². The minimum Gasteiger partial charge on any atom is -0.328 e. The second-order valence-corrected chi connectivity index (χ2v) is 2.65. The lowest BCUT2D eigenvalue weighted by atomic mass is 10.2. The van der Waals surface area contributed by atoms with E-state index >= 15 is 0 Å². The van der Waals surface area contributed by atoms with Crippen molar-refractivity contribution in [3.8, 4) is 0 Å². The molecule has 2 nitrogen and oxygen atoms in total. The summed E-state index contributed by atoms with van der Waals surface area (Å²) < 4.78 is 0. The van der Waals surface area contributed by atoms with Crippen LogP contribution >= 0.6 is 11.6 Å². The third-order valence-electron chi connectivity index (χ3n) is 1.03. The molecule has 1 atom stereocenters. The molecule has 0 bridgehead atoms. The van der Waals surface area contributed by atoms with Gasteiger partial charge in [0.2, 0.25) is 5.24 Å². The standard InChI is InChI=1S/C6H12ClNO/c1-5(8)3-2-4-6(7)9/h5H,2-4,8H2,1H3. The zero-order valence-electron chi connectivity index (χ0n) is 5.56. The van der Waals surface area contributed by atoms with Gasteiger partial charge in [-0.2, -0.15) is 0 Å². The van der Waals surface area contributed by atoms with Gasteiger partial charge in [0.15, 0.2) is 0 Å². The van der Waals surface area contributed by atoms with Crippen molar-refractivity contribution in [1.82, 2.24) is 0 Å². The summed E-state index contributed by atoms with van der Waals surface area (Å²) in [6, 6.07) is 0.181. The Morgan fingerprint density at radius 3 is 2.67 bits per heavy atom. The fourth-order valence-electron chi connectivity index (χ4n) is 0.563. The first-order chi connectivity index (χ1) is 4.13. The Hall–Kier alpha value is -0.0800. The van der Waals surface area contributed by atoms with Crippen molar-refractivity contribution >= 4 is 16.8 Å². The Balaban J connectivity index is 3.01. The smallest absolute Gasteiger partial charge is 0.221 e. The van der Waals surface area contributed by atoms with Gasteiger partial charge in [-0.05, 0) is 31.4 Å². The third kappa shape index (κ3) is 7.92. The highest BCUT2D eigenvalue weighted by atomic mass is 35.5. The zero-order valence-corrected chi connectivity index (χ0v) is 6.32. The normalized spacial score (nSPS) is 13.2. The molecule has 3 heteroatoms. The van der Waals surface area contributed by atoms with Gasteiger partial charge in [0.25, 0.3) is 0 Å². The van der Waals surface area contributed by atoms with Gasteiger partial charge in [0.1, 0.15) is 0 Å². The molecule has 0 radical (unpaired) electrons. The molecule has 0 aliphatic rings. The molecule has 0 fully saturated rings. The van der Waals surface area contributed by atoms with Crippen molar-refractivity contribution in [3.05, 3.63) is 0 Å². The maximum atomic E-state index is 10.1. The lowest BCUT2D eigenvalue weighted by molar-refractivity contribution is -0.111. The summed E-state index contributed by atoms with van der Waals surface area (Å²) in [4.78, 5) is 10.1. The molecule has 0 aliphatic heterocycles. The summed E-state index contributed by atoms with van der Waals surface area (Å²) in [5, 5.41) is -0.268. The van der Waals surface area contributed by atoms with E-state index < -0.39 is 0 Å². The van der Waals surface area contributed by atoms with Gasteiger partial charge >= 0.3 is 0 Å². The van der Waals surface area contributed by atoms with Crippen LogP contribution in [0.25, 0.3) is 0 Å². The van der Waals surface area contributed by atoms with Crippen LogP contribution in [0.3, 0.4) is 0 Å². The zero-order chi connectivity index (χ0) is 7.28. The lowest BCUT2D eigenvalue weighted by Crippen LogP contribution is -2.14. The Morgan fingerprint density at radius 1 is 1.78 bits per heavy atom. The Bertz CT molecular complexity index is 93.1. The minimum absolute atomic E-state index is 0.181. The summed E-state index contributed by atoms with van der Waals surface area (Å²) in [5.74, 6) is 0. The van der Waals surface area contributed by atoms with Crippen LogP contribution in [-0.4, -0.2) is 11.3 Å². The largest absolute Gasteiger partial charge is 0.328 e. The summed E-state index contributed by atoms with van der Waals surface area (Å²) in [6.07, 6.45) is 2.13. The molecule has 0 aromatic carbocycles. The van der Waals surface area contributed by atoms with E-state index in [0.29, 0.717) is 6.42 Å². The van der Waals surface area contributed by atoms with Gasteiger partial charge in [-0.1, -0.05) is 0 Å². The van der Waals surface area contributed by atoms with Crippen molar-refractivity contribution in [2.75, 3.05) is 0 Å². The van der Waals surface area contributed by atoms with Crippen LogP contribution in [-0.2, 0) is 4.79 Å². The summed E-state index contributed by atoms with van der Waals surface area (Å²) in [6.45, 7) is 1.92. The number of hydrogen-bond donors (Lipinski definition) is 1. The molecular formula is C6H12ClNO. The number of hydrogen-bond acceptors (Lipinski definition) is 2. The highest BCUT2D eigenvalue weighted by molar-refractivity contribution is 6.63. The van der Waals surface area contributed by atoms with E-state index in [1.54, 1.807) is 0 Å². The van der Waals surface area contributed by atoms with Crippen LogP contribution in [0.15, 0.2) is 0 Å². The second-order valence-electron chi connectivity index (χ2n) is 2.22. The number of halogens is 1. The molecule has 0 aromatic heterocycles. The van der Waals surface area contributed by atoms with Gasteiger partial charge in [-0.15, -0.1) is 0 Å². The lowest BCUT2D eigenvalue weighted by Gasteiger charge is -2.00. The first kappa shape index (κ1) is 8.92. The molecule has 0 heterocycles. The molecule has 0 aromatic rings. The van der Waals surface area contributed by atoms with Crippen molar-refractivity contribution in [1.29, 1.82) is 0 Å². The van der Waals surface area contributed by atoms with E-state index in [0.717, 1.165) is 12.8 Å². The summed E-state index contributed by atoms with van der Waals surface area (Å²) in [7, 11) is 0. The molecule has 0 spiro atoms. The Kier molecular flexibility index (Phi) is 4.72. The Labute approximate surface area is 60.4 Å². The first-order valence-electron chi connectivity index (χ1n) is 3.07. The van der Waals surface area contributed by atoms with Crippen LogP contribution in [0.2, 0.25) is 0 Å².